The number of hydrazone groups is 1. The van der Waals surface area contributed by atoms with Crippen LogP contribution in [0.15, 0.2) is 29.4 Å². The number of nitrogens with one attached hydrogen (secondary N) is 1. The van der Waals surface area contributed by atoms with Crippen LogP contribution < -0.4 is 15.9 Å². The first-order valence-electron chi connectivity index (χ1n) is 6.89. The van der Waals surface area contributed by atoms with E-state index in [-0.39, 0.29) is 5.91 Å². The number of anilines is 1. The van der Waals surface area contributed by atoms with Crippen molar-refractivity contribution >= 4 is 28.6 Å². The van der Waals surface area contributed by atoms with Crippen molar-refractivity contribution in [1.29, 1.82) is 0 Å². The van der Waals surface area contributed by atoms with E-state index in [4.69, 9.17) is 10.5 Å². The van der Waals surface area contributed by atoms with Gasteiger partial charge in [-0.15, -0.1) is 0 Å². The zero-order chi connectivity index (χ0) is 15.9. The smallest absolute Gasteiger partial charge is 0.283 e. The van der Waals surface area contributed by atoms with Crippen LogP contribution in [-0.2, 0) is 0 Å². The van der Waals surface area contributed by atoms with Crippen molar-refractivity contribution in [2.75, 3.05) is 12.3 Å². The summed E-state index contributed by atoms with van der Waals surface area (Å²) in [7, 11) is 0. The molecule has 6 nitrogen and oxygen atoms in total. The van der Waals surface area contributed by atoms with Gasteiger partial charge in [-0.1, -0.05) is 30.4 Å². The molecule has 0 radical (unpaired) electrons. The van der Waals surface area contributed by atoms with E-state index < -0.39 is 0 Å². The average Bonchev–Trinajstić information content (AvgIpc) is 2.84. The van der Waals surface area contributed by atoms with E-state index in [0.29, 0.717) is 22.3 Å². The first-order valence-corrected chi connectivity index (χ1v) is 7.71. The van der Waals surface area contributed by atoms with Crippen LogP contribution in [-0.4, -0.2) is 23.7 Å². The Morgan fingerprint density at radius 3 is 3.05 bits per heavy atom. The molecule has 22 heavy (non-hydrogen) atoms. The van der Waals surface area contributed by atoms with Crippen molar-refractivity contribution in [2.24, 2.45) is 5.10 Å². The third-order valence-corrected chi connectivity index (χ3v) is 3.72. The van der Waals surface area contributed by atoms with E-state index in [1.807, 2.05) is 24.3 Å². The van der Waals surface area contributed by atoms with Crippen molar-refractivity contribution in [1.82, 2.24) is 10.4 Å². The number of carbonyl (C=O) groups excluding carboxylic acids is 1. The summed E-state index contributed by atoms with van der Waals surface area (Å²) in [6.45, 7) is 4.46. The Morgan fingerprint density at radius 1 is 1.55 bits per heavy atom. The number of nitrogens with two attached hydrogens (primary N) is 1. The molecule has 1 aromatic carbocycles. The normalized spacial score (nSPS) is 10.8. The fourth-order valence-electron chi connectivity index (χ4n) is 1.75. The lowest BCUT2D eigenvalue weighted by atomic mass is 10.2. The Balaban J connectivity index is 1.97. The molecule has 116 valence electrons. The van der Waals surface area contributed by atoms with Crippen molar-refractivity contribution in [3.63, 3.8) is 0 Å². The molecule has 2 aromatic rings. The molecule has 0 saturated heterocycles. The van der Waals surface area contributed by atoms with E-state index in [0.717, 1.165) is 29.1 Å². The number of nitrogen functional groups attached to an aromatic ring is 1. The summed E-state index contributed by atoms with van der Waals surface area (Å²) >= 11 is 1.14. The summed E-state index contributed by atoms with van der Waals surface area (Å²) in [4.78, 5) is 16.4. The number of aryl methyl sites for hydroxylation is 1. The minimum absolute atomic E-state index is 0.318. The maximum absolute atomic E-state index is 11.9. The standard InChI is InChI=1S/C15H18N4O2S/c1-3-7-21-12-6-4-5-11(8-12)9-17-19-14(20)13-10(2)18-15(16)22-13/h4-6,8-9H,3,7H2,1-2H3,(H2,16,18)(H,19,20)/b17-9-. The van der Waals surface area contributed by atoms with Gasteiger partial charge < -0.3 is 10.5 Å². The Morgan fingerprint density at radius 2 is 2.36 bits per heavy atom. The summed E-state index contributed by atoms with van der Waals surface area (Å²) in [5, 5.41) is 4.32. The monoisotopic (exact) mass is 318 g/mol. The molecule has 0 aliphatic heterocycles. The van der Waals surface area contributed by atoms with Crippen LogP contribution in [0, 0.1) is 6.92 Å². The van der Waals surface area contributed by atoms with Crippen LogP contribution in [0.4, 0.5) is 5.13 Å². The SMILES string of the molecule is CCCOc1cccc(/C=N\NC(=O)c2sc(N)nc2C)c1. The zero-order valence-electron chi connectivity index (χ0n) is 12.5. The molecule has 3 N–H and O–H groups in total. The van der Waals surface area contributed by atoms with Gasteiger partial charge in [0.2, 0.25) is 0 Å². The summed E-state index contributed by atoms with van der Waals surface area (Å²) in [6, 6.07) is 7.50. The first kappa shape index (κ1) is 16.0. The van der Waals surface area contributed by atoms with Crippen LogP contribution >= 0.6 is 11.3 Å². The number of hydrogen-bond acceptors (Lipinski definition) is 6. The Bertz CT molecular complexity index is 682. The number of thiazole rings is 1. The Labute approximate surface area is 133 Å². The number of aromatic nitrogens is 1. The van der Waals surface area contributed by atoms with Gasteiger partial charge in [0.15, 0.2) is 5.13 Å². The number of nitrogens with zero attached hydrogens (tertiary/aromatic N) is 2. The second kappa shape index (κ2) is 7.56. The summed E-state index contributed by atoms with van der Waals surface area (Å²) in [5.74, 6) is 0.463. The number of hydrogen-bond donors (Lipinski definition) is 2. The van der Waals surface area contributed by atoms with Crippen molar-refractivity contribution < 1.29 is 9.53 Å². The molecule has 0 aliphatic rings. The van der Waals surface area contributed by atoms with Gasteiger partial charge in [-0.25, -0.2) is 10.4 Å². The Kier molecular flexibility index (Phi) is 5.48. The van der Waals surface area contributed by atoms with Crippen LogP contribution in [0.3, 0.4) is 0 Å². The lowest BCUT2D eigenvalue weighted by molar-refractivity contribution is 0.0958. The second-order valence-electron chi connectivity index (χ2n) is 4.59. The van der Waals surface area contributed by atoms with Crippen LogP contribution in [0.5, 0.6) is 5.75 Å². The maximum atomic E-state index is 11.9. The van der Waals surface area contributed by atoms with Gasteiger partial charge in [0.05, 0.1) is 18.5 Å². The van der Waals surface area contributed by atoms with E-state index >= 15 is 0 Å². The van der Waals surface area contributed by atoms with Crippen LogP contribution in [0.2, 0.25) is 0 Å². The van der Waals surface area contributed by atoms with E-state index in [9.17, 15) is 4.79 Å². The molecule has 7 heteroatoms. The molecule has 1 amide bonds. The summed E-state index contributed by atoms with van der Waals surface area (Å²) in [5.41, 5.74) is 9.48. The third-order valence-electron chi connectivity index (χ3n) is 2.73. The van der Waals surface area contributed by atoms with Gasteiger partial charge in [-0.05, 0) is 31.0 Å². The van der Waals surface area contributed by atoms with Crippen LogP contribution in [0.1, 0.15) is 34.3 Å². The topological polar surface area (TPSA) is 89.6 Å². The predicted molar refractivity (Wildman–Crippen MR) is 88.6 cm³/mol. The van der Waals surface area contributed by atoms with Crippen LogP contribution in [0.25, 0.3) is 0 Å². The number of amides is 1. The number of carbonyl (C=O) groups is 1. The molecule has 0 spiro atoms. The Hall–Kier alpha value is -2.41. The molecular weight excluding hydrogens is 300 g/mol. The van der Waals surface area contributed by atoms with Crippen molar-refractivity contribution in [3.05, 3.63) is 40.4 Å². The molecule has 1 heterocycles. The number of ether oxygens (including phenoxy) is 1. The molecule has 0 saturated carbocycles. The van der Waals surface area contributed by atoms with Crippen molar-refractivity contribution in [2.45, 2.75) is 20.3 Å². The highest BCUT2D eigenvalue weighted by atomic mass is 32.1. The third kappa shape index (κ3) is 4.29. The quantitative estimate of drug-likeness (QED) is 0.633. The fraction of sp³-hybridized carbons (Fsp3) is 0.267. The number of rotatable bonds is 6. The highest BCUT2D eigenvalue weighted by Gasteiger charge is 2.13. The average molecular weight is 318 g/mol. The summed E-state index contributed by atoms with van der Waals surface area (Å²) in [6.07, 6.45) is 2.52. The van der Waals surface area contributed by atoms with E-state index in [1.165, 1.54) is 0 Å². The maximum Gasteiger partial charge on any atom is 0.283 e. The minimum Gasteiger partial charge on any atom is -0.494 e. The van der Waals surface area contributed by atoms with Gasteiger partial charge in [0.1, 0.15) is 10.6 Å². The van der Waals surface area contributed by atoms with E-state index in [1.54, 1.807) is 13.1 Å². The van der Waals surface area contributed by atoms with Gasteiger partial charge in [-0.3, -0.25) is 4.79 Å². The predicted octanol–water partition coefficient (Wildman–Crippen LogP) is 2.59. The largest absolute Gasteiger partial charge is 0.494 e. The summed E-state index contributed by atoms with van der Waals surface area (Å²) < 4.78 is 5.54. The molecule has 2 rings (SSSR count). The molecule has 0 atom stereocenters. The highest BCUT2D eigenvalue weighted by molar-refractivity contribution is 7.17. The minimum atomic E-state index is -0.318. The molecule has 0 fully saturated rings. The molecule has 0 bridgehead atoms. The van der Waals surface area contributed by atoms with Crippen molar-refractivity contribution in [3.8, 4) is 5.75 Å². The lowest BCUT2D eigenvalue weighted by Gasteiger charge is -2.04. The first-order chi connectivity index (χ1) is 10.6. The lowest BCUT2D eigenvalue weighted by Crippen LogP contribution is -2.17. The van der Waals surface area contributed by atoms with E-state index in [2.05, 4.69) is 22.4 Å². The van der Waals surface area contributed by atoms with Gasteiger partial charge in [0, 0.05) is 0 Å². The fourth-order valence-corrected chi connectivity index (χ4v) is 2.47. The van der Waals surface area contributed by atoms with Gasteiger partial charge >= 0.3 is 0 Å². The zero-order valence-corrected chi connectivity index (χ0v) is 13.3. The number of benzene rings is 1. The second-order valence-corrected chi connectivity index (χ2v) is 5.62. The molecule has 0 aliphatic carbocycles. The van der Waals surface area contributed by atoms with Gasteiger partial charge in [0.25, 0.3) is 5.91 Å². The molecular formula is C15H18N4O2S. The van der Waals surface area contributed by atoms with Gasteiger partial charge in [-0.2, -0.15) is 5.10 Å². The highest BCUT2D eigenvalue weighted by Crippen LogP contribution is 2.19. The molecule has 1 aromatic heterocycles. The molecule has 0 unspecified atom stereocenters.